The Hall–Kier alpha value is -0.840. The van der Waals surface area contributed by atoms with Crippen molar-refractivity contribution in [3.8, 4) is 0 Å². The van der Waals surface area contributed by atoms with Gasteiger partial charge < -0.3 is 0 Å². The van der Waals surface area contributed by atoms with E-state index >= 15 is 0 Å². The first-order valence-corrected chi connectivity index (χ1v) is 4.06. The van der Waals surface area contributed by atoms with Gasteiger partial charge in [-0.05, 0) is 0 Å². The SMILES string of the molecule is CS(=O)c1ncncc1F. The lowest BCUT2D eigenvalue weighted by Gasteiger charge is -1.93. The van der Waals surface area contributed by atoms with E-state index in [2.05, 4.69) is 9.97 Å². The van der Waals surface area contributed by atoms with Crippen LogP contribution in [0.3, 0.4) is 0 Å². The third-order valence-corrected chi connectivity index (χ3v) is 1.75. The number of halogens is 1. The Bertz CT molecular complexity index is 266. The van der Waals surface area contributed by atoms with Gasteiger partial charge in [0.25, 0.3) is 0 Å². The van der Waals surface area contributed by atoms with E-state index in [4.69, 9.17) is 0 Å². The van der Waals surface area contributed by atoms with Gasteiger partial charge in [-0.3, -0.25) is 4.21 Å². The third-order valence-electron chi connectivity index (χ3n) is 0.906. The first-order chi connectivity index (χ1) is 4.72. The van der Waals surface area contributed by atoms with Crippen LogP contribution in [0.4, 0.5) is 4.39 Å². The molecule has 0 saturated carbocycles. The fourth-order valence-corrected chi connectivity index (χ4v) is 1.04. The van der Waals surface area contributed by atoms with Gasteiger partial charge in [0.2, 0.25) is 0 Å². The van der Waals surface area contributed by atoms with Crippen LogP contribution in [-0.2, 0) is 10.8 Å². The Labute approximate surface area is 59.8 Å². The molecule has 1 aromatic rings. The largest absolute Gasteiger partial charge is 0.253 e. The second kappa shape index (κ2) is 2.83. The first kappa shape index (κ1) is 7.27. The average Bonchev–Trinajstić information content (AvgIpc) is 1.88. The van der Waals surface area contributed by atoms with Crippen molar-refractivity contribution in [3.05, 3.63) is 18.3 Å². The number of rotatable bonds is 1. The van der Waals surface area contributed by atoms with Crippen LogP contribution in [0.15, 0.2) is 17.6 Å². The summed E-state index contributed by atoms with van der Waals surface area (Å²) in [4.78, 5) is 6.90. The molecule has 0 fully saturated rings. The van der Waals surface area contributed by atoms with Gasteiger partial charge in [-0.1, -0.05) is 0 Å². The number of nitrogens with zero attached hydrogens (tertiary/aromatic N) is 2. The maximum atomic E-state index is 12.5. The molecule has 1 unspecified atom stereocenters. The molecule has 1 heterocycles. The summed E-state index contributed by atoms with van der Waals surface area (Å²) < 4.78 is 23.2. The summed E-state index contributed by atoms with van der Waals surface area (Å²) in [5.74, 6) is -0.622. The van der Waals surface area contributed by atoms with Crippen LogP contribution in [0, 0.1) is 5.82 Å². The van der Waals surface area contributed by atoms with Crippen molar-refractivity contribution in [3.63, 3.8) is 0 Å². The zero-order valence-electron chi connectivity index (χ0n) is 5.24. The van der Waals surface area contributed by atoms with Crippen LogP contribution in [0.5, 0.6) is 0 Å². The van der Waals surface area contributed by atoms with Crippen molar-refractivity contribution >= 4 is 10.8 Å². The minimum Gasteiger partial charge on any atom is -0.253 e. The van der Waals surface area contributed by atoms with Crippen LogP contribution in [0.25, 0.3) is 0 Å². The summed E-state index contributed by atoms with van der Waals surface area (Å²) >= 11 is 0. The van der Waals surface area contributed by atoms with Crippen LogP contribution in [-0.4, -0.2) is 20.4 Å². The van der Waals surface area contributed by atoms with Crippen LogP contribution >= 0.6 is 0 Å². The molecule has 0 amide bonds. The molecule has 0 aliphatic rings. The summed E-state index contributed by atoms with van der Waals surface area (Å²) in [6.07, 6.45) is 3.52. The fraction of sp³-hybridized carbons (Fsp3) is 0.200. The molecule has 0 N–H and O–H groups in total. The predicted octanol–water partition coefficient (Wildman–Crippen LogP) is 0.353. The average molecular weight is 160 g/mol. The van der Waals surface area contributed by atoms with Gasteiger partial charge >= 0.3 is 0 Å². The van der Waals surface area contributed by atoms with E-state index in [1.54, 1.807) is 0 Å². The molecule has 5 heteroatoms. The molecule has 0 bridgehead atoms. The van der Waals surface area contributed by atoms with E-state index in [1.165, 1.54) is 12.6 Å². The van der Waals surface area contributed by atoms with E-state index in [0.29, 0.717) is 0 Å². The molecule has 0 aromatic carbocycles. The minimum absolute atomic E-state index is 0.0463. The quantitative estimate of drug-likeness (QED) is 0.557. The Morgan fingerprint density at radius 1 is 1.70 bits per heavy atom. The predicted molar refractivity (Wildman–Crippen MR) is 34.3 cm³/mol. The smallest absolute Gasteiger partial charge is 0.176 e. The molecule has 1 rings (SSSR count). The van der Waals surface area contributed by atoms with Crippen LogP contribution < -0.4 is 0 Å². The summed E-state index contributed by atoms with van der Waals surface area (Å²) in [7, 11) is -1.37. The molecule has 1 atom stereocenters. The molecular formula is C5H5FN2OS. The van der Waals surface area contributed by atoms with Gasteiger partial charge in [-0.15, -0.1) is 0 Å². The normalized spacial score (nSPS) is 13.0. The summed E-state index contributed by atoms with van der Waals surface area (Å²) in [5.41, 5.74) is 0. The van der Waals surface area contributed by atoms with E-state index in [9.17, 15) is 8.60 Å². The van der Waals surface area contributed by atoms with Gasteiger partial charge in [0.15, 0.2) is 10.8 Å². The van der Waals surface area contributed by atoms with E-state index in [-0.39, 0.29) is 5.03 Å². The zero-order valence-corrected chi connectivity index (χ0v) is 6.06. The monoisotopic (exact) mass is 160 g/mol. The number of aromatic nitrogens is 2. The van der Waals surface area contributed by atoms with E-state index in [0.717, 1.165) is 6.20 Å². The lowest BCUT2D eigenvalue weighted by Crippen LogP contribution is -1.96. The standard InChI is InChI=1S/C5H5FN2OS/c1-10(9)5-4(6)2-7-3-8-5/h2-3H,1H3. The Balaban J connectivity index is 3.15. The van der Waals surface area contributed by atoms with Gasteiger partial charge in [0.05, 0.1) is 17.0 Å². The highest BCUT2D eigenvalue weighted by atomic mass is 32.2. The fourth-order valence-electron chi connectivity index (χ4n) is 0.513. The van der Waals surface area contributed by atoms with Gasteiger partial charge in [-0.2, -0.15) is 0 Å². The maximum absolute atomic E-state index is 12.5. The van der Waals surface area contributed by atoms with E-state index < -0.39 is 16.6 Å². The first-order valence-electron chi connectivity index (χ1n) is 2.50. The molecule has 0 radical (unpaired) electrons. The summed E-state index contributed by atoms with van der Waals surface area (Å²) in [6.45, 7) is 0. The molecule has 0 aliphatic carbocycles. The van der Waals surface area contributed by atoms with E-state index in [1.807, 2.05) is 0 Å². The lowest BCUT2D eigenvalue weighted by atomic mass is 10.6. The molecule has 1 aromatic heterocycles. The zero-order chi connectivity index (χ0) is 7.56. The van der Waals surface area contributed by atoms with Crippen molar-refractivity contribution in [1.29, 1.82) is 0 Å². The van der Waals surface area contributed by atoms with Gasteiger partial charge in [0, 0.05) is 6.26 Å². The van der Waals surface area contributed by atoms with Crippen molar-refractivity contribution in [2.75, 3.05) is 6.26 Å². The Kier molecular flexibility index (Phi) is 2.06. The van der Waals surface area contributed by atoms with Crippen LogP contribution in [0.1, 0.15) is 0 Å². The second-order valence-corrected chi connectivity index (χ2v) is 2.92. The van der Waals surface area contributed by atoms with Gasteiger partial charge in [0.1, 0.15) is 6.33 Å². The molecule has 0 saturated heterocycles. The van der Waals surface area contributed by atoms with Crippen LogP contribution in [0.2, 0.25) is 0 Å². The van der Waals surface area contributed by atoms with Gasteiger partial charge in [-0.25, -0.2) is 14.4 Å². The molecule has 54 valence electrons. The topological polar surface area (TPSA) is 42.9 Å². The third kappa shape index (κ3) is 1.36. The number of hydrogen-bond acceptors (Lipinski definition) is 3. The minimum atomic E-state index is -1.37. The lowest BCUT2D eigenvalue weighted by molar-refractivity contribution is 0.572. The Morgan fingerprint density at radius 3 is 2.80 bits per heavy atom. The van der Waals surface area contributed by atoms with Crippen molar-refractivity contribution < 1.29 is 8.60 Å². The molecule has 3 nitrogen and oxygen atoms in total. The summed E-state index contributed by atoms with van der Waals surface area (Å²) in [6, 6.07) is 0. The van der Waals surface area contributed by atoms with Crippen molar-refractivity contribution in [1.82, 2.24) is 9.97 Å². The van der Waals surface area contributed by atoms with Crippen molar-refractivity contribution in [2.45, 2.75) is 5.03 Å². The summed E-state index contributed by atoms with van der Waals surface area (Å²) in [5, 5.41) is -0.0463. The molecule has 0 aliphatic heterocycles. The second-order valence-electron chi connectivity index (χ2n) is 1.63. The van der Waals surface area contributed by atoms with Crippen molar-refractivity contribution in [2.24, 2.45) is 0 Å². The Morgan fingerprint density at radius 2 is 2.40 bits per heavy atom. The molecular weight excluding hydrogens is 155 g/mol. The molecule has 0 spiro atoms. The highest BCUT2D eigenvalue weighted by molar-refractivity contribution is 7.84. The molecule has 10 heavy (non-hydrogen) atoms. The highest BCUT2D eigenvalue weighted by Gasteiger charge is 2.04. The maximum Gasteiger partial charge on any atom is 0.176 e. The highest BCUT2D eigenvalue weighted by Crippen LogP contribution is 2.03. The number of hydrogen-bond donors (Lipinski definition) is 0.